The molecule has 3 aliphatic carbocycles. The minimum atomic E-state index is -4.43. The summed E-state index contributed by atoms with van der Waals surface area (Å²) in [6, 6.07) is 14.0. The van der Waals surface area contributed by atoms with E-state index in [0.29, 0.717) is 69.9 Å². The van der Waals surface area contributed by atoms with Crippen LogP contribution in [-0.2, 0) is 22.3 Å². The summed E-state index contributed by atoms with van der Waals surface area (Å²) in [6.07, 6.45) is -0.0114. The number of benzene rings is 2. The number of alkyl halides is 3. The summed E-state index contributed by atoms with van der Waals surface area (Å²) in [4.78, 5) is 31.9. The summed E-state index contributed by atoms with van der Waals surface area (Å²) < 4.78 is 44.6. The molecule has 2 aromatic rings. The van der Waals surface area contributed by atoms with Crippen molar-refractivity contribution in [2.45, 2.75) is 39.5 Å². The molecule has 2 unspecified atom stereocenters. The average molecular weight is 599 g/mol. The van der Waals surface area contributed by atoms with Gasteiger partial charge in [0.25, 0.3) is 0 Å². The van der Waals surface area contributed by atoms with Crippen LogP contribution in [0.1, 0.15) is 37.8 Å². The summed E-state index contributed by atoms with van der Waals surface area (Å²) in [5.74, 6) is 1.09. The first-order valence-corrected chi connectivity index (χ1v) is 15.0. The van der Waals surface area contributed by atoms with Gasteiger partial charge in [-0.2, -0.15) is 13.2 Å². The molecule has 0 radical (unpaired) electrons. The molecule has 43 heavy (non-hydrogen) atoms. The topological polar surface area (TPSA) is 65.1 Å². The number of urea groups is 1. The molecule has 2 atom stereocenters. The molecule has 0 spiro atoms. The number of halogens is 3. The molecule has 7 nitrogen and oxygen atoms in total. The van der Waals surface area contributed by atoms with Gasteiger partial charge in [0.2, 0.25) is 5.91 Å². The number of nitrogens with one attached hydrogen (secondary N) is 1. The maximum absolute atomic E-state index is 13.4. The smallest absolute Gasteiger partial charge is 0.367 e. The normalized spacial score (nSPS) is 21.5. The molecule has 10 heteroatoms. The number of fused-ring (bicyclic) bond motifs is 1. The lowest BCUT2D eigenvalue weighted by atomic mass is 9.49. The highest BCUT2D eigenvalue weighted by Crippen LogP contribution is 2.59. The van der Waals surface area contributed by atoms with E-state index in [1.165, 1.54) is 17.7 Å². The van der Waals surface area contributed by atoms with E-state index in [1.807, 2.05) is 35.2 Å². The SMILES string of the molecule is CC1(C)C2CC=C(CN(CCN3CCN(C(=O)COCc4ccccc4)CC3)C(=O)Nc3ccc(C(F)(F)F)cc3)C1C2. The number of allylic oxidation sites excluding steroid dienone is 1. The number of carbonyl (C=O) groups excluding carboxylic acids is 2. The van der Waals surface area contributed by atoms with Gasteiger partial charge in [-0.25, -0.2) is 4.79 Å². The first-order valence-electron chi connectivity index (χ1n) is 15.0. The Kier molecular flexibility index (Phi) is 9.46. The lowest BCUT2D eigenvalue weighted by Gasteiger charge is -2.57. The molecule has 3 amide bonds. The van der Waals surface area contributed by atoms with Gasteiger partial charge in [0.05, 0.1) is 12.2 Å². The Hall–Kier alpha value is -3.37. The van der Waals surface area contributed by atoms with Crippen LogP contribution < -0.4 is 5.32 Å². The number of amides is 3. The van der Waals surface area contributed by atoms with Crippen LogP contribution in [0, 0.1) is 17.3 Å². The quantitative estimate of drug-likeness (QED) is 0.347. The van der Waals surface area contributed by atoms with Crippen LogP contribution in [0.25, 0.3) is 0 Å². The zero-order valence-electron chi connectivity index (χ0n) is 24.9. The Labute approximate surface area is 251 Å². The molecule has 0 aromatic heterocycles. The Balaban J connectivity index is 1.14. The third-order valence-corrected chi connectivity index (χ3v) is 9.46. The van der Waals surface area contributed by atoms with E-state index in [4.69, 9.17) is 4.74 Å². The van der Waals surface area contributed by atoms with Gasteiger partial charge in [0.15, 0.2) is 0 Å². The average Bonchev–Trinajstić information content (AvgIpc) is 2.99. The lowest BCUT2D eigenvalue weighted by molar-refractivity contribution is -0.138. The van der Waals surface area contributed by atoms with Crippen molar-refractivity contribution in [3.63, 3.8) is 0 Å². The Morgan fingerprint density at radius 2 is 1.72 bits per heavy atom. The van der Waals surface area contributed by atoms with Gasteiger partial charge in [-0.1, -0.05) is 55.8 Å². The molecule has 2 fully saturated rings. The monoisotopic (exact) mass is 598 g/mol. The van der Waals surface area contributed by atoms with Crippen molar-refractivity contribution in [2.75, 3.05) is 57.7 Å². The van der Waals surface area contributed by atoms with E-state index >= 15 is 0 Å². The van der Waals surface area contributed by atoms with Crippen molar-refractivity contribution in [3.05, 3.63) is 77.4 Å². The van der Waals surface area contributed by atoms with Crippen LogP contribution >= 0.6 is 0 Å². The van der Waals surface area contributed by atoms with E-state index in [9.17, 15) is 22.8 Å². The fraction of sp³-hybridized carbons (Fsp3) is 0.515. The summed E-state index contributed by atoms with van der Waals surface area (Å²) in [6.45, 7) is 9.18. The van der Waals surface area contributed by atoms with Crippen molar-refractivity contribution in [1.82, 2.24) is 14.7 Å². The van der Waals surface area contributed by atoms with Crippen LogP contribution in [0.3, 0.4) is 0 Å². The third-order valence-electron chi connectivity index (χ3n) is 9.46. The number of hydrogen-bond donors (Lipinski definition) is 1. The van der Waals surface area contributed by atoms with Crippen LogP contribution in [0.15, 0.2) is 66.2 Å². The summed E-state index contributed by atoms with van der Waals surface area (Å²) >= 11 is 0. The van der Waals surface area contributed by atoms with Crippen LogP contribution in [0.2, 0.25) is 0 Å². The molecule has 1 heterocycles. The fourth-order valence-electron chi connectivity index (χ4n) is 6.48. The maximum Gasteiger partial charge on any atom is 0.416 e. The fourth-order valence-corrected chi connectivity index (χ4v) is 6.48. The van der Waals surface area contributed by atoms with Crippen LogP contribution in [0.5, 0.6) is 0 Å². The second-order valence-corrected chi connectivity index (χ2v) is 12.4. The van der Waals surface area contributed by atoms with Gasteiger partial charge in [0, 0.05) is 51.5 Å². The number of hydrogen-bond acceptors (Lipinski definition) is 4. The van der Waals surface area contributed by atoms with E-state index in [0.717, 1.165) is 30.5 Å². The summed E-state index contributed by atoms with van der Waals surface area (Å²) in [5.41, 5.74) is 2.08. The molecular formula is C33H41F3N4O3. The van der Waals surface area contributed by atoms with Crippen LogP contribution in [0.4, 0.5) is 23.7 Å². The predicted molar refractivity (Wildman–Crippen MR) is 159 cm³/mol. The summed E-state index contributed by atoms with van der Waals surface area (Å²) in [5, 5.41) is 2.81. The third kappa shape index (κ3) is 7.59. The summed E-state index contributed by atoms with van der Waals surface area (Å²) in [7, 11) is 0. The van der Waals surface area contributed by atoms with Gasteiger partial charge < -0.3 is 19.9 Å². The first kappa shape index (κ1) is 31.1. The minimum Gasteiger partial charge on any atom is -0.367 e. The van der Waals surface area contributed by atoms with Crippen LogP contribution in [-0.4, -0.2) is 79.1 Å². The largest absolute Gasteiger partial charge is 0.416 e. The van der Waals surface area contributed by atoms with E-state index < -0.39 is 11.7 Å². The predicted octanol–water partition coefficient (Wildman–Crippen LogP) is 5.89. The first-order chi connectivity index (χ1) is 20.5. The number of nitrogens with zero attached hydrogens (tertiary/aromatic N) is 3. The Morgan fingerprint density at radius 3 is 2.35 bits per heavy atom. The Morgan fingerprint density at radius 1 is 1.02 bits per heavy atom. The molecule has 1 N–H and O–H groups in total. The maximum atomic E-state index is 13.4. The number of ether oxygens (including phenoxy) is 1. The highest BCUT2D eigenvalue weighted by atomic mass is 19.4. The second-order valence-electron chi connectivity index (χ2n) is 12.4. The van der Waals surface area contributed by atoms with Gasteiger partial charge in [-0.05, 0) is 59.9 Å². The molecule has 1 saturated carbocycles. The number of piperazine rings is 1. The molecule has 6 rings (SSSR count). The molecule has 4 aliphatic rings. The van der Waals surface area contributed by atoms with Crippen molar-refractivity contribution < 1.29 is 27.5 Å². The zero-order chi connectivity index (χ0) is 30.6. The van der Waals surface area contributed by atoms with Crippen molar-refractivity contribution in [2.24, 2.45) is 17.3 Å². The van der Waals surface area contributed by atoms with Crippen molar-refractivity contribution >= 4 is 17.6 Å². The number of anilines is 1. The zero-order valence-corrected chi connectivity index (χ0v) is 24.9. The molecule has 2 bridgehead atoms. The molecule has 232 valence electrons. The molecule has 2 aromatic carbocycles. The standard InChI is InChI=1S/C33H41F3N4O3/c1-32(2)27-9-8-25(29(32)20-27)21-40(31(42)37-28-12-10-26(11-13-28)33(34,35)36)19-16-38-14-17-39(18-15-38)30(41)23-43-22-24-6-4-3-5-7-24/h3-8,10-13,27,29H,9,14-23H2,1-2H3,(H,37,42). The Bertz CT molecular complexity index is 1290. The highest BCUT2D eigenvalue weighted by molar-refractivity contribution is 5.89. The highest BCUT2D eigenvalue weighted by Gasteiger charge is 2.51. The van der Waals surface area contributed by atoms with E-state index in [1.54, 1.807) is 4.90 Å². The van der Waals surface area contributed by atoms with Gasteiger partial charge >= 0.3 is 12.2 Å². The number of carbonyl (C=O) groups is 2. The van der Waals surface area contributed by atoms with Crippen molar-refractivity contribution in [3.8, 4) is 0 Å². The lowest BCUT2D eigenvalue weighted by Crippen LogP contribution is -2.53. The minimum absolute atomic E-state index is 0.0289. The van der Waals surface area contributed by atoms with Gasteiger partial charge in [-0.15, -0.1) is 0 Å². The van der Waals surface area contributed by atoms with Gasteiger partial charge in [-0.3, -0.25) is 9.69 Å². The second kappa shape index (κ2) is 13.1. The van der Waals surface area contributed by atoms with Gasteiger partial charge in [0.1, 0.15) is 6.61 Å². The van der Waals surface area contributed by atoms with E-state index in [2.05, 4.69) is 30.1 Å². The number of rotatable bonds is 10. The van der Waals surface area contributed by atoms with E-state index in [-0.39, 0.29) is 24.0 Å². The molecular weight excluding hydrogens is 557 g/mol. The molecule has 1 saturated heterocycles. The molecule has 1 aliphatic heterocycles. The van der Waals surface area contributed by atoms with Crippen molar-refractivity contribution in [1.29, 1.82) is 0 Å².